The summed E-state index contributed by atoms with van der Waals surface area (Å²) in [7, 11) is 0. The quantitative estimate of drug-likeness (QED) is 0.709. The molecule has 2 amide bonds. The Morgan fingerprint density at radius 1 is 1.47 bits per heavy atom. The summed E-state index contributed by atoms with van der Waals surface area (Å²) in [5.41, 5.74) is 0. The Morgan fingerprint density at radius 2 is 2.27 bits per heavy atom. The van der Waals surface area contributed by atoms with E-state index in [1.54, 1.807) is 0 Å². The lowest BCUT2D eigenvalue weighted by Gasteiger charge is -2.30. The molecule has 0 radical (unpaired) electrons. The van der Waals surface area contributed by atoms with Crippen LogP contribution in [0.15, 0.2) is 0 Å². The van der Waals surface area contributed by atoms with Gasteiger partial charge in [-0.2, -0.15) is 0 Å². The summed E-state index contributed by atoms with van der Waals surface area (Å²) in [4.78, 5) is 13.8. The maximum absolute atomic E-state index is 11.8. The zero-order chi connectivity index (χ0) is 10.8. The zero-order valence-electron chi connectivity index (χ0n) is 9.62. The molecule has 0 bridgehead atoms. The number of piperidine rings is 1. The fourth-order valence-electron chi connectivity index (χ4n) is 2.37. The molecule has 2 aliphatic rings. The second kappa shape index (κ2) is 4.39. The zero-order valence-corrected chi connectivity index (χ0v) is 9.62. The average Bonchev–Trinajstić information content (AvgIpc) is 2.62. The van der Waals surface area contributed by atoms with Gasteiger partial charge in [-0.15, -0.1) is 0 Å². The van der Waals surface area contributed by atoms with Crippen LogP contribution in [0.4, 0.5) is 4.79 Å². The van der Waals surface area contributed by atoms with Gasteiger partial charge in [0.15, 0.2) is 0 Å². The molecule has 0 saturated carbocycles. The van der Waals surface area contributed by atoms with Crippen LogP contribution in [0.25, 0.3) is 0 Å². The first-order chi connectivity index (χ1) is 7.18. The van der Waals surface area contributed by atoms with Gasteiger partial charge in [-0.3, -0.25) is 0 Å². The summed E-state index contributed by atoms with van der Waals surface area (Å²) in [6, 6.07) is 0.865. The minimum Gasteiger partial charge on any atom is -0.333 e. The van der Waals surface area contributed by atoms with E-state index in [-0.39, 0.29) is 6.03 Å². The number of nitrogens with zero attached hydrogens (tertiary/aromatic N) is 1. The van der Waals surface area contributed by atoms with E-state index in [4.69, 9.17) is 0 Å². The van der Waals surface area contributed by atoms with Crippen molar-refractivity contribution in [2.45, 2.75) is 38.8 Å². The van der Waals surface area contributed by atoms with Gasteiger partial charge in [-0.25, -0.2) is 4.79 Å². The average molecular weight is 211 g/mol. The summed E-state index contributed by atoms with van der Waals surface area (Å²) >= 11 is 0. The molecule has 2 aliphatic heterocycles. The molecule has 0 aromatic heterocycles. The Kier molecular flexibility index (Phi) is 3.14. The predicted octanol–water partition coefficient (Wildman–Crippen LogP) is 0.788. The molecule has 2 saturated heterocycles. The summed E-state index contributed by atoms with van der Waals surface area (Å²) in [5.74, 6) is 0.524. The van der Waals surface area contributed by atoms with E-state index >= 15 is 0 Å². The van der Waals surface area contributed by atoms with Crippen molar-refractivity contribution in [2.24, 2.45) is 5.92 Å². The molecule has 0 aromatic rings. The fourth-order valence-corrected chi connectivity index (χ4v) is 2.37. The van der Waals surface area contributed by atoms with E-state index in [2.05, 4.69) is 24.5 Å². The van der Waals surface area contributed by atoms with Gasteiger partial charge in [0.25, 0.3) is 0 Å². The topological polar surface area (TPSA) is 44.4 Å². The first-order valence-electron chi connectivity index (χ1n) is 5.96. The highest BCUT2D eigenvalue weighted by molar-refractivity contribution is 5.77. The molecule has 0 aliphatic carbocycles. The molecule has 2 heterocycles. The summed E-state index contributed by atoms with van der Waals surface area (Å²) < 4.78 is 0. The number of hydrogen-bond acceptors (Lipinski definition) is 2. The van der Waals surface area contributed by atoms with Crippen LogP contribution in [-0.2, 0) is 0 Å². The Labute approximate surface area is 91.4 Å². The molecule has 0 spiro atoms. The van der Waals surface area contributed by atoms with Crippen LogP contribution >= 0.6 is 0 Å². The molecule has 2 N–H and O–H groups in total. The molecule has 2 rings (SSSR count). The van der Waals surface area contributed by atoms with Gasteiger partial charge in [0, 0.05) is 19.1 Å². The summed E-state index contributed by atoms with van der Waals surface area (Å²) in [6.45, 7) is 7.25. The van der Waals surface area contributed by atoms with Gasteiger partial charge < -0.3 is 15.5 Å². The highest BCUT2D eigenvalue weighted by Crippen LogP contribution is 2.18. The maximum atomic E-state index is 11.8. The van der Waals surface area contributed by atoms with E-state index < -0.39 is 0 Å². The standard InChI is InChI=1S/C11H21N3O/c1-8(2)10-7-14(11(15)13-10)9-4-3-5-12-6-9/h8-10,12H,3-7H2,1-2H3,(H,13,15). The Bertz CT molecular complexity index is 236. The highest BCUT2D eigenvalue weighted by Gasteiger charge is 2.35. The lowest BCUT2D eigenvalue weighted by atomic mass is 10.0. The molecule has 2 atom stereocenters. The number of amides is 2. The van der Waals surface area contributed by atoms with Gasteiger partial charge in [0.1, 0.15) is 0 Å². The number of urea groups is 1. The van der Waals surface area contributed by atoms with E-state index in [1.165, 1.54) is 6.42 Å². The largest absolute Gasteiger partial charge is 0.333 e. The number of hydrogen-bond donors (Lipinski definition) is 2. The lowest BCUT2D eigenvalue weighted by molar-refractivity contribution is 0.183. The van der Waals surface area contributed by atoms with E-state index in [0.29, 0.717) is 18.0 Å². The molecular weight excluding hydrogens is 190 g/mol. The minimum absolute atomic E-state index is 0.127. The third-order valence-corrected chi connectivity index (χ3v) is 3.48. The highest BCUT2D eigenvalue weighted by atomic mass is 16.2. The molecular formula is C11H21N3O. The van der Waals surface area contributed by atoms with Crippen molar-refractivity contribution in [1.29, 1.82) is 0 Å². The van der Waals surface area contributed by atoms with Crippen molar-refractivity contribution < 1.29 is 4.79 Å². The van der Waals surface area contributed by atoms with Crippen molar-refractivity contribution in [1.82, 2.24) is 15.5 Å². The van der Waals surface area contributed by atoms with Crippen LogP contribution in [-0.4, -0.2) is 42.6 Å². The van der Waals surface area contributed by atoms with Crippen molar-refractivity contribution >= 4 is 6.03 Å². The monoisotopic (exact) mass is 211 g/mol. The second-order valence-corrected chi connectivity index (χ2v) is 4.95. The van der Waals surface area contributed by atoms with Crippen LogP contribution in [0.5, 0.6) is 0 Å². The van der Waals surface area contributed by atoms with Crippen molar-refractivity contribution in [2.75, 3.05) is 19.6 Å². The van der Waals surface area contributed by atoms with E-state index in [1.807, 2.05) is 4.90 Å². The van der Waals surface area contributed by atoms with Gasteiger partial charge in [0.2, 0.25) is 0 Å². The Balaban J connectivity index is 1.95. The number of rotatable bonds is 2. The normalized spacial score (nSPS) is 32.2. The maximum Gasteiger partial charge on any atom is 0.318 e. The van der Waals surface area contributed by atoms with Crippen LogP contribution < -0.4 is 10.6 Å². The number of carbonyl (C=O) groups excluding carboxylic acids is 1. The molecule has 2 fully saturated rings. The fraction of sp³-hybridized carbons (Fsp3) is 0.909. The van der Waals surface area contributed by atoms with Crippen LogP contribution in [0.3, 0.4) is 0 Å². The minimum atomic E-state index is 0.127. The third kappa shape index (κ3) is 2.25. The summed E-state index contributed by atoms with van der Waals surface area (Å²) in [5, 5.41) is 6.41. The molecule has 86 valence electrons. The molecule has 4 heteroatoms. The van der Waals surface area contributed by atoms with Gasteiger partial charge in [0.05, 0.1) is 6.04 Å². The third-order valence-electron chi connectivity index (χ3n) is 3.48. The molecule has 15 heavy (non-hydrogen) atoms. The van der Waals surface area contributed by atoms with E-state index in [0.717, 1.165) is 26.1 Å². The number of nitrogens with one attached hydrogen (secondary N) is 2. The SMILES string of the molecule is CC(C)C1CN(C2CCCNC2)C(=O)N1. The smallest absolute Gasteiger partial charge is 0.318 e. The van der Waals surface area contributed by atoms with Gasteiger partial charge >= 0.3 is 6.03 Å². The number of carbonyl (C=O) groups is 1. The Hall–Kier alpha value is -0.770. The molecule has 2 unspecified atom stereocenters. The first-order valence-corrected chi connectivity index (χ1v) is 5.96. The van der Waals surface area contributed by atoms with E-state index in [9.17, 15) is 4.79 Å². The van der Waals surface area contributed by atoms with Gasteiger partial charge in [-0.1, -0.05) is 13.8 Å². The van der Waals surface area contributed by atoms with Crippen molar-refractivity contribution in [3.63, 3.8) is 0 Å². The van der Waals surface area contributed by atoms with Crippen LogP contribution in [0, 0.1) is 5.92 Å². The van der Waals surface area contributed by atoms with Crippen molar-refractivity contribution in [3.8, 4) is 0 Å². The molecule has 4 nitrogen and oxygen atoms in total. The van der Waals surface area contributed by atoms with Crippen molar-refractivity contribution in [3.05, 3.63) is 0 Å². The summed E-state index contributed by atoms with van der Waals surface area (Å²) in [6.07, 6.45) is 2.33. The second-order valence-electron chi connectivity index (χ2n) is 4.95. The van der Waals surface area contributed by atoms with Crippen LogP contribution in [0.1, 0.15) is 26.7 Å². The Morgan fingerprint density at radius 3 is 2.80 bits per heavy atom. The van der Waals surface area contributed by atoms with Crippen LogP contribution in [0.2, 0.25) is 0 Å². The van der Waals surface area contributed by atoms with Gasteiger partial charge in [-0.05, 0) is 25.3 Å². The molecule has 0 aromatic carbocycles. The predicted molar refractivity (Wildman–Crippen MR) is 59.8 cm³/mol. The first kappa shape index (κ1) is 10.7. The lowest BCUT2D eigenvalue weighted by Crippen LogP contribution is -2.47.